The molecule has 2 nitrogen and oxygen atoms in total. The predicted molar refractivity (Wildman–Crippen MR) is 185 cm³/mol. The number of benzene rings is 2. The van der Waals surface area contributed by atoms with Crippen LogP contribution in [0.1, 0.15) is 171 Å². The number of carbonyl (C=O) groups is 2. The Labute approximate surface area is 263 Å². The Balaban J connectivity index is 1.98. The summed E-state index contributed by atoms with van der Waals surface area (Å²) in [5.41, 5.74) is 7.58. The van der Waals surface area contributed by atoms with Crippen molar-refractivity contribution < 1.29 is 9.59 Å². The maximum Gasteiger partial charge on any atom is 0.194 e. The Morgan fingerprint density at radius 3 is 1.44 bits per heavy atom. The van der Waals surface area contributed by atoms with E-state index in [1.807, 2.05) is 18.2 Å². The van der Waals surface area contributed by atoms with Gasteiger partial charge in [0.1, 0.15) is 0 Å². The van der Waals surface area contributed by atoms with Crippen LogP contribution in [-0.4, -0.2) is 11.6 Å². The van der Waals surface area contributed by atoms with E-state index >= 15 is 0 Å². The first kappa shape index (κ1) is 34.7. The maximum absolute atomic E-state index is 14.1. The van der Waals surface area contributed by atoms with Crippen LogP contribution >= 0.6 is 0 Å². The molecule has 43 heavy (non-hydrogen) atoms. The molecule has 1 unspecified atom stereocenters. The maximum atomic E-state index is 14.1. The molecule has 0 aliphatic heterocycles. The molecule has 2 aromatic rings. The highest BCUT2D eigenvalue weighted by Gasteiger charge is 2.35. The third-order valence-electron chi connectivity index (χ3n) is 11.0. The molecule has 0 radical (unpaired) electrons. The molecule has 3 rings (SSSR count). The molecule has 0 heterocycles. The highest BCUT2D eigenvalue weighted by molar-refractivity contribution is 6.28. The summed E-state index contributed by atoms with van der Waals surface area (Å²) < 4.78 is 0. The number of hydrogen-bond acceptors (Lipinski definition) is 2. The molecule has 0 spiro atoms. The van der Waals surface area contributed by atoms with E-state index < -0.39 is 0 Å². The van der Waals surface area contributed by atoms with E-state index in [1.54, 1.807) is 0 Å². The molecule has 0 aromatic heterocycles. The van der Waals surface area contributed by atoms with Gasteiger partial charge in [-0.1, -0.05) is 105 Å². The van der Waals surface area contributed by atoms with E-state index in [2.05, 4.69) is 113 Å². The first-order valence-corrected chi connectivity index (χ1v) is 16.7. The van der Waals surface area contributed by atoms with Crippen LogP contribution in [0.4, 0.5) is 0 Å². The zero-order chi connectivity index (χ0) is 32.4. The van der Waals surface area contributed by atoms with Crippen molar-refractivity contribution in [3.8, 4) is 0 Å². The van der Waals surface area contributed by atoms with Gasteiger partial charge in [0, 0.05) is 22.3 Å². The highest BCUT2D eigenvalue weighted by Crippen LogP contribution is 2.41. The molecule has 1 atom stereocenters. The second-order valence-corrected chi connectivity index (χ2v) is 15.4. The molecule has 0 bridgehead atoms. The molecule has 0 fully saturated rings. The molecule has 0 amide bonds. The van der Waals surface area contributed by atoms with E-state index in [0.717, 1.165) is 50.5 Å². The van der Waals surface area contributed by atoms with Crippen molar-refractivity contribution in [3.63, 3.8) is 0 Å². The lowest BCUT2D eigenvalue weighted by atomic mass is 9.70. The van der Waals surface area contributed by atoms with Crippen molar-refractivity contribution in [3.05, 3.63) is 93.1 Å². The number of ketones is 2. The summed E-state index contributed by atoms with van der Waals surface area (Å²) in [6.45, 7) is 27.0. The van der Waals surface area contributed by atoms with Crippen molar-refractivity contribution >= 4 is 11.6 Å². The summed E-state index contributed by atoms with van der Waals surface area (Å²) in [5, 5.41) is 0. The average Bonchev–Trinajstić information content (AvgIpc) is 2.96. The van der Waals surface area contributed by atoms with Crippen LogP contribution in [0.3, 0.4) is 0 Å². The van der Waals surface area contributed by atoms with Gasteiger partial charge in [-0.3, -0.25) is 9.59 Å². The molecule has 0 N–H and O–H groups in total. The van der Waals surface area contributed by atoms with Gasteiger partial charge in [0.15, 0.2) is 11.6 Å². The molecule has 1 aliphatic carbocycles. The summed E-state index contributed by atoms with van der Waals surface area (Å²) in [5.74, 6) is -0.0493. The van der Waals surface area contributed by atoms with Gasteiger partial charge < -0.3 is 0 Å². The van der Waals surface area contributed by atoms with Gasteiger partial charge in [0.2, 0.25) is 0 Å². The summed E-state index contributed by atoms with van der Waals surface area (Å²) >= 11 is 0. The zero-order valence-electron chi connectivity index (χ0n) is 29.4. The van der Waals surface area contributed by atoms with Crippen molar-refractivity contribution in [2.24, 2.45) is 10.8 Å². The fraction of sp³-hybridized carbons (Fsp3) is 0.561. The fourth-order valence-corrected chi connectivity index (χ4v) is 6.32. The van der Waals surface area contributed by atoms with Gasteiger partial charge in [-0.2, -0.15) is 0 Å². The second-order valence-electron chi connectivity index (χ2n) is 15.4. The van der Waals surface area contributed by atoms with E-state index in [-0.39, 0.29) is 33.2 Å². The molecule has 2 heteroatoms. The standard InChI is InChI=1S/C41H58O2/c1-13-40(12,24-16-18-28(4)38(6,7)8)30-20-22-32-34(26-30)37(43)35-27-31(21-23-33(35)36(32)42)41(14-2,15-3)25-17-19-29(5)39(9,10)11/h18-23,26-27H,13-17,24-25H2,1-12H3. The van der Waals surface area contributed by atoms with Crippen LogP contribution < -0.4 is 0 Å². The Bertz CT molecular complexity index is 1400. The van der Waals surface area contributed by atoms with Crippen LogP contribution in [0.5, 0.6) is 0 Å². The van der Waals surface area contributed by atoms with E-state index in [0.29, 0.717) is 22.3 Å². The Kier molecular flexibility index (Phi) is 10.6. The van der Waals surface area contributed by atoms with Gasteiger partial charge >= 0.3 is 0 Å². The minimum absolute atomic E-state index is 0.0141. The Morgan fingerprint density at radius 2 is 1.00 bits per heavy atom. The lowest BCUT2D eigenvalue weighted by Gasteiger charge is -2.34. The molecule has 1 aliphatic rings. The summed E-state index contributed by atoms with van der Waals surface area (Å²) in [6.07, 6.45) is 11.7. The largest absolute Gasteiger partial charge is 0.289 e. The lowest BCUT2D eigenvalue weighted by Crippen LogP contribution is -2.28. The topological polar surface area (TPSA) is 34.1 Å². The van der Waals surface area contributed by atoms with Crippen LogP contribution in [-0.2, 0) is 10.8 Å². The lowest BCUT2D eigenvalue weighted by molar-refractivity contribution is 0.0978. The van der Waals surface area contributed by atoms with Crippen LogP contribution in [0.2, 0.25) is 0 Å². The van der Waals surface area contributed by atoms with Gasteiger partial charge in [0.25, 0.3) is 0 Å². The minimum Gasteiger partial charge on any atom is -0.289 e. The van der Waals surface area contributed by atoms with Crippen molar-refractivity contribution in [2.45, 2.75) is 139 Å². The van der Waals surface area contributed by atoms with Gasteiger partial charge in [-0.15, -0.1) is 0 Å². The summed E-state index contributed by atoms with van der Waals surface area (Å²) in [4.78, 5) is 27.8. The summed E-state index contributed by atoms with van der Waals surface area (Å²) in [7, 11) is 0. The SMILES string of the molecule is CCC(C)(CCC=C(C)C(C)(C)C)c1ccc2c(c1)C(=O)c1cc(C(CC)(CC)CCC=C(C)C(C)(C)C)ccc1C2=O. The van der Waals surface area contributed by atoms with Crippen LogP contribution in [0, 0.1) is 10.8 Å². The number of rotatable bonds is 11. The van der Waals surface area contributed by atoms with Crippen molar-refractivity contribution in [1.29, 1.82) is 0 Å². The van der Waals surface area contributed by atoms with Gasteiger partial charge in [0.05, 0.1) is 0 Å². The van der Waals surface area contributed by atoms with Crippen molar-refractivity contribution in [2.75, 3.05) is 0 Å². The number of hydrogen-bond donors (Lipinski definition) is 0. The van der Waals surface area contributed by atoms with Gasteiger partial charge in [-0.25, -0.2) is 0 Å². The first-order chi connectivity index (χ1) is 19.9. The van der Waals surface area contributed by atoms with Crippen LogP contribution in [0.15, 0.2) is 59.7 Å². The van der Waals surface area contributed by atoms with E-state index in [9.17, 15) is 9.59 Å². The first-order valence-electron chi connectivity index (χ1n) is 16.7. The molecule has 0 saturated heterocycles. The predicted octanol–water partition coefficient (Wildman–Crippen LogP) is 11.7. The number of carbonyl (C=O) groups excluding carboxylic acids is 2. The number of fused-ring (bicyclic) bond motifs is 2. The molecular weight excluding hydrogens is 524 g/mol. The van der Waals surface area contributed by atoms with E-state index in [1.165, 1.54) is 16.7 Å². The normalized spacial score (nSPS) is 16.2. The van der Waals surface area contributed by atoms with Gasteiger partial charge in [-0.05, 0) is 116 Å². The third-order valence-corrected chi connectivity index (χ3v) is 11.0. The number of allylic oxidation sites excluding steroid dienone is 4. The highest BCUT2D eigenvalue weighted by atomic mass is 16.1. The van der Waals surface area contributed by atoms with E-state index in [4.69, 9.17) is 0 Å². The van der Waals surface area contributed by atoms with Crippen molar-refractivity contribution in [1.82, 2.24) is 0 Å². The molecule has 0 saturated carbocycles. The van der Waals surface area contributed by atoms with Crippen LogP contribution in [0.25, 0.3) is 0 Å². The monoisotopic (exact) mass is 582 g/mol. The minimum atomic E-state index is -0.0760. The summed E-state index contributed by atoms with van der Waals surface area (Å²) in [6, 6.07) is 12.1. The fourth-order valence-electron chi connectivity index (χ4n) is 6.32. The third kappa shape index (κ3) is 7.33. The zero-order valence-corrected chi connectivity index (χ0v) is 29.4. The smallest absolute Gasteiger partial charge is 0.194 e. The second kappa shape index (κ2) is 13.1. The molecular formula is C41H58O2. The quantitative estimate of drug-likeness (QED) is 0.211. The molecule has 234 valence electrons. The average molecular weight is 583 g/mol. The Morgan fingerprint density at radius 1 is 0.581 bits per heavy atom. The Hall–Kier alpha value is -2.74. The molecule has 2 aromatic carbocycles.